The number of imide groups is 2. The Kier molecular flexibility index (Phi) is 7.31. The second-order valence-corrected chi connectivity index (χ2v) is 9.85. The van der Waals surface area contributed by atoms with Gasteiger partial charge in [0, 0.05) is 0 Å². The summed E-state index contributed by atoms with van der Waals surface area (Å²) in [4.78, 5) is 38.5. The molecule has 0 atom stereocenters. The first-order valence-corrected chi connectivity index (χ1v) is 12.2. The number of anilines is 1. The van der Waals surface area contributed by atoms with Crippen LogP contribution >= 0.6 is 45.2 Å². The fourth-order valence-corrected chi connectivity index (χ4v) is 5.42. The van der Waals surface area contributed by atoms with Gasteiger partial charge in [-0.1, -0.05) is 29.8 Å². The summed E-state index contributed by atoms with van der Waals surface area (Å²) in [5, 5.41) is 2.16. The predicted octanol–water partition coefficient (Wildman–Crippen LogP) is 5.59. The molecule has 0 aromatic heterocycles. The number of carbonyl (C=O) groups is 3. The standard InChI is InChI=1S/C25H17FI2N2O4/c1-14-2-4-15(5-3-14)13-34-22-20(27)11-16(12-21(22)28)10-19-23(31)29-25(33)30(24(19)32)18-8-6-17(26)7-9-18/h2-12H,13H2,1H3,(H,29,31,33)/b19-10+. The molecule has 6 nitrogen and oxygen atoms in total. The Bertz CT molecular complexity index is 1300. The van der Waals surface area contributed by atoms with Crippen LogP contribution in [0.5, 0.6) is 5.75 Å². The number of aryl methyl sites for hydroxylation is 1. The summed E-state index contributed by atoms with van der Waals surface area (Å²) in [6, 6.07) is 15.6. The fourth-order valence-electron chi connectivity index (χ4n) is 3.29. The highest BCUT2D eigenvalue weighted by molar-refractivity contribution is 14.1. The molecule has 4 amide bonds. The Labute approximate surface area is 222 Å². The van der Waals surface area contributed by atoms with Gasteiger partial charge in [-0.15, -0.1) is 0 Å². The fraction of sp³-hybridized carbons (Fsp3) is 0.0800. The maximum Gasteiger partial charge on any atom is 0.335 e. The van der Waals surface area contributed by atoms with Gasteiger partial charge in [-0.2, -0.15) is 0 Å². The van der Waals surface area contributed by atoms with Crippen molar-refractivity contribution in [1.82, 2.24) is 5.32 Å². The zero-order valence-corrected chi connectivity index (χ0v) is 22.1. The summed E-state index contributed by atoms with van der Waals surface area (Å²) in [6.07, 6.45) is 1.43. The number of nitrogens with one attached hydrogen (secondary N) is 1. The summed E-state index contributed by atoms with van der Waals surface area (Å²) < 4.78 is 20.9. The van der Waals surface area contributed by atoms with Gasteiger partial charge in [0.15, 0.2) is 0 Å². The molecule has 1 aliphatic heterocycles. The van der Waals surface area contributed by atoms with Gasteiger partial charge in [0.2, 0.25) is 0 Å². The average Bonchev–Trinajstić information content (AvgIpc) is 2.78. The van der Waals surface area contributed by atoms with E-state index < -0.39 is 23.7 Å². The van der Waals surface area contributed by atoms with Crippen molar-refractivity contribution in [1.29, 1.82) is 0 Å². The molecule has 3 aromatic rings. The van der Waals surface area contributed by atoms with E-state index in [1.807, 2.05) is 31.2 Å². The summed E-state index contributed by atoms with van der Waals surface area (Å²) >= 11 is 4.28. The van der Waals surface area contributed by atoms with E-state index >= 15 is 0 Å². The van der Waals surface area contributed by atoms with Gasteiger partial charge in [0.25, 0.3) is 11.8 Å². The van der Waals surface area contributed by atoms with Crippen LogP contribution in [0.2, 0.25) is 0 Å². The Hall–Kier alpha value is -2.80. The molecule has 1 N–H and O–H groups in total. The van der Waals surface area contributed by atoms with Gasteiger partial charge >= 0.3 is 6.03 Å². The van der Waals surface area contributed by atoms with Crippen molar-refractivity contribution >= 4 is 74.8 Å². The van der Waals surface area contributed by atoms with Crippen molar-refractivity contribution in [2.45, 2.75) is 13.5 Å². The van der Waals surface area contributed by atoms with Crippen LogP contribution in [0.15, 0.2) is 66.2 Å². The van der Waals surface area contributed by atoms with Crippen LogP contribution in [0.25, 0.3) is 6.08 Å². The van der Waals surface area contributed by atoms with E-state index in [1.165, 1.54) is 23.8 Å². The number of barbiturate groups is 1. The van der Waals surface area contributed by atoms with E-state index in [9.17, 15) is 18.8 Å². The van der Waals surface area contributed by atoms with Crippen LogP contribution in [0.4, 0.5) is 14.9 Å². The molecular formula is C25H17FI2N2O4. The third kappa shape index (κ3) is 5.30. The number of hydrogen-bond acceptors (Lipinski definition) is 4. The molecule has 0 unspecified atom stereocenters. The number of halogens is 3. The summed E-state index contributed by atoms with van der Waals surface area (Å²) in [5.41, 5.74) is 2.77. The molecule has 3 aromatic carbocycles. The molecule has 172 valence electrons. The summed E-state index contributed by atoms with van der Waals surface area (Å²) in [7, 11) is 0. The van der Waals surface area contributed by atoms with E-state index in [0.717, 1.165) is 29.7 Å². The van der Waals surface area contributed by atoms with Crippen molar-refractivity contribution in [3.63, 3.8) is 0 Å². The molecule has 34 heavy (non-hydrogen) atoms. The number of benzene rings is 3. The van der Waals surface area contributed by atoms with Crippen LogP contribution in [-0.2, 0) is 16.2 Å². The second kappa shape index (κ2) is 10.2. The molecule has 0 aliphatic carbocycles. The van der Waals surface area contributed by atoms with E-state index in [1.54, 1.807) is 12.1 Å². The Morgan fingerprint density at radius 1 is 0.971 bits per heavy atom. The van der Waals surface area contributed by atoms with Crippen LogP contribution in [0, 0.1) is 19.9 Å². The summed E-state index contributed by atoms with van der Waals surface area (Å²) in [5.74, 6) is -1.39. The maximum atomic E-state index is 13.3. The number of ether oxygens (including phenoxy) is 1. The molecule has 1 aliphatic rings. The number of rotatable bonds is 5. The predicted molar refractivity (Wildman–Crippen MR) is 143 cm³/mol. The Balaban J connectivity index is 1.60. The van der Waals surface area contributed by atoms with Crippen LogP contribution < -0.4 is 15.0 Å². The van der Waals surface area contributed by atoms with Crippen LogP contribution in [0.1, 0.15) is 16.7 Å². The molecule has 1 fully saturated rings. The topological polar surface area (TPSA) is 75.7 Å². The van der Waals surface area contributed by atoms with Crippen molar-refractivity contribution in [2.24, 2.45) is 0 Å². The van der Waals surface area contributed by atoms with E-state index in [4.69, 9.17) is 4.74 Å². The van der Waals surface area contributed by atoms with Gasteiger partial charge in [0.1, 0.15) is 23.7 Å². The third-order valence-corrected chi connectivity index (χ3v) is 6.62. The van der Waals surface area contributed by atoms with Gasteiger partial charge in [-0.05, 0) is 106 Å². The lowest BCUT2D eigenvalue weighted by Gasteiger charge is -2.26. The minimum Gasteiger partial charge on any atom is -0.487 e. The van der Waals surface area contributed by atoms with E-state index in [0.29, 0.717) is 17.9 Å². The number of hydrogen-bond donors (Lipinski definition) is 1. The minimum absolute atomic E-state index is 0.159. The molecule has 0 radical (unpaired) electrons. The lowest BCUT2D eigenvalue weighted by Crippen LogP contribution is -2.54. The SMILES string of the molecule is Cc1ccc(COc2c(I)cc(/C=C3\C(=O)NC(=O)N(c4ccc(F)cc4)C3=O)cc2I)cc1. The molecule has 4 rings (SSSR count). The quantitative estimate of drug-likeness (QED) is 0.217. The lowest BCUT2D eigenvalue weighted by molar-refractivity contribution is -0.122. The number of nitrogens with zero attached hydrogens (tertiary/aromatic N) is 1. The van der Waals surface area contributed by atoms with Crippen LogP contribution in [0.3, 0.4) is 0 Å². The number of urea groups is 1. The first-order chi connectivity index (χ1) is 16.2. The highest BCUT2D eigenvalue weighted by atomic mass is 127. The van der Waals surface area contributed by atoms with E-state index in [2.05, 4.69) is 50.5 Å². The van der Waals surface area contributed by atoms with Crippen molar-refractivity contribution in [2.75, 3.05) is 4.90 Å². The Morgan fingerprint density at radius 2 is 1.59 bits per heavy atom. The van der Waals surface area contributed by atoms with Crippen molar-refractivity contribution < 1.29 is 23.5 Å². The zero-order chi connectivity index (χ0) is 24.4. The largest absolute Gasteiger partial charge is 0.487 e. The van der Waals surface area contributed by atoms with Gasteiger partial charge in [-0.3, -0.25) is 14.9 Å². The lowest BCUT2D eigenvalue weighted by atomic mass is 10.1. The highest BCUT2D eigenvalue weighted by Gasteiger charge is 2.36. The van der Waals surface area contributed by atoms with Crippen molar-refractivity contribution in [3.8, 4) is 5.75 Å². The second-order valence-electron chi connectivity index (χ2n) is 7.52. The smallest absolute Gasteiger partial charge is 0.335 e. The Morgan fingerprint density at radius 3 is 2.21 bits per heavy atom. The normalized spacial score (nSPS) is 15.0. The highest BCUT2D eigenvalue weighted by Crippen LogP contribution is 2.31. The zero-order valence-electron chi connectivity index (χ0n) is 17.8. The first kappa shape index (κ1) is 24.3. The molecule has 0 spiro atoms. The molecule has 1 heterocycles. The van der Waals surface area contributed by atoms with Gasteiger partial charge in [-0.25, -0.2) is 14.1 Å². The monoisotopic (exact) mass is 682 g/mol. The number of amides is 4. The first-order valence-electron chi connectivity index (χ1n) is 10.1. The third-order valence-electron chi connectivity index (χ3n) is 5.02. The minimum atomic E-state index is -0.886. The van der Waals surface area contributed by atoms with Crippen LogP contribution in [-0.4, -0.2) is 17.8 Å². The molecule has 0 saturated carbocycles. The molecule has 9 heteroatoms. The molecule has 0 bridgehead atoms. The number of carbonyl (C=O) groups excluding carboxylic acids is 3. The van der Waals surface area contributed by atoms with Crippen molar-refractivity contribution in [3.05, 3.63) is 95.9 Å². The average molecular weight is 682 g/mol. The molecular weight excluding hydrogens is 665 g/mol. The van der Waals surface area contributed by atoms with E-state index in [-0.39, 0.29) is 11.3 Å². The maximum absolute atomic E-state index is 13.3. The summed E-state index contributed by atoms with van der Waals surface area (Å²) in [6.45, 7) is 2.43. The molecule has 1 saturated heterocycles. The van der Waals surface area contributed by atoms with Gasteiger partial charge < -0.3 is 4.74 Å². The van der Waals surface area contributed by atoms with Gasteiger partial charge in [0.05, 0.1) is 12.8 Å².